The number of thioether (sulfide) groups is 1. The highest BCUT2D eigenvalue weighted by atomic mass is 79.9. The average Bonchev–Trinajstić information content (AvgIpc) is 2.77. The Morgan fingerprint density at radius 2 is 2.22 bits per heavy atom. The maximum atomic E-state index is 12.4. The normalized spacial score (nSPS) is 16.3. The molecule has 1 aromatic rings. The van der Waals surface area contributed by atoms with Gasteiger partial charge in [-0.3, -0.25) is 9.69 Å². The van der Waals surface area contributed by atoms with E-state index in [2.05, 4.69) is 38.4 Å². The van der Waals surface area contributed by atoms with Gasteiger partial charge in [-0.05, 0) is 50.9 Å². The predicted molar refractivity (Wildman–Crippen MR) is 105 cm³/mol. The second-order valence-electron chi connectivity index (χ2n) is 4.45. The topological polar surface area (TPSA) is 49.8 Å². The van der Waals surface area contributed by atoms with Gasteiger partial charge >= 0.3 is 0 Å². The van der Waals surface area contributed by atoms with Crippen LogP contribution in [0.2, 0.25) is 0 Å². The van der Waals surface area contributed by atoms with Crippen molar-refractivity contribution in [3.63, 3.8) is 0 Å². The monoisotopic (exact) mass is 477 g/mol. The quantitative estimate of drug-likeness (QED) is 0.377. The van der Waals surface area contributed by atoms with Crippen LogP contribution in [0, 0.1) is 0 Å². The van der Waals surface area contributed by atoms with E-state index in [-0.39, 0.29) is 11.7 Å². The summed E-state index contributed by atoms with van der Waals surface area (Å²) in [7, 11) is 0. The molecule has 4 nitrogen and oxygen atoms in total. The molecule has 0 atom stereocenters. The molecule has 0 unspecified atom stereocenters. The van der Waals surface area contributed by atoms with Crippen molar-refractivity contribution in [1.82, 2.24) is 4.90 Å². The number of phenolic OH excluding ortho intramolecular Hbond substituents is 1. The molecule has 0 spiro atoms. The first-order chi connectivity index (χ1) is 10.9. The number of nitrogens with zero attached hydrogens (tertiary/aromatic N) is 1. The van der Waals surface area contributed by atoms with E-state index in [0.29, 0.717) is 42.6 Å². The summed E-state index contributed by atoms with van der Waals surface area (Å²) in [6, 6.07) is 1.67. The number of carbonyl (C=O) groups excluding carboxylic acids is 1. The second-order valence-corrected chi connectivity index (χ2v) is 7.77. The summed E-state index contributed by atoms with van der Waals surface area (Å²) in [4.78, 5) is 14.3. The van der Waals surface area contributed by atoms with E-state index in [1.807, 2.05) is 6.92 Å². The lowest BCUT2D eigenvalue weighted by molar-refractivity contribution is -0.121. The summed E-state index contributed by atoms with van der Waals surface area (Å²) in [5.41, 5.74) is 0.460. The zero-order chi connectivity index (χ0) is 17.1. The molecular formula is C15H13Br2NO3S2. The van der Waals surface area contributed by atoms with Gasteiger partial charge < -0.3 is 9.84 Å². The summed E-state index contributed by atoms with van der Waals surface area (Å²) in [5.74, 6) is 0.107. The van der Waals surface area contributed by atoms with Crippen LogP contribution >= 0.6 is 55.8 Å². The number of hydrogen-bond donors (Lipinski definition) is 1. The van der Waals surface area contributed by atoms with E-state index < -0.39 is 0 Å². The van der Waals surface area contributed by atoms with E-state index in [4.69, 9.17) is 17.0 Å². The number of halogens is 2. The van der Waals surface area contributed by atoms with Gasteiger partial charge in [-0.25, -0.2) is 0 Å². The molecule has 23 heavy (non-hydrogen) atoms. The van der Waals surface area contributed by atoms with Crippen LogP contribution in [0.15, 0.2) is 32.6 Å². The minimum Gasteiger partial charge on any atom is -0.504 e. The van der Waals surface area contributed by atoms with Gasteiger partial charge in [0.25, 0.3) is 5.91 Å². The lowest BCUT2D eigenvalue weighted by atomic mass is 10.1. The minimum absolute atomic E-state index is 0.0316. The molecule has 8 heteroatoms. The standard InChI is InChI=1S/C15H13Br2NO3S2/c1-3-5-18-14(20)11(23-15(18)22)6-8-12(17)9(16)7-10(13(8)19)21-4-2/h3,6-7,19H,1,4-5H2,2H3/b11-6-. The highest BCUT2D eigenvalue weighted by molar-refractivity contribution is 9.13. The van der Waals surface area contributed by atoms with Crippen molar-refractivity contribution in [2.75, 3.05) is 13.2 Å². The third-order valence-corrected chi connectivity index (χ3v) is 6.34. The third-order valence-electron chi connectivity index (χ3n) is 2.95. The molecule has 1 fully saturated rings. The van der Waals surface area contributed by atoms with Gasteiger partial charge in [0.1, 0.15) is 4.32 Å². The number of ether oxygens (including phenoxy) is 1. The lowest BCUT2D eigenvalue weighted by Crippen LogP contribution is -2.27. The molecule has 1 N–H and O–H groups in total. The molecule has 1 amide bonds. The van der Waals surface area contributed by atoms with Crippen LogP contribution in [0.3, 0.4) is 0 Å². The van der Waals surface area contributed by atoms with Gasteiger partial charge in [0.15, 0.2) is 11.5 Å². The second kappa shape index (κ2) is 7.83. The number of amides is 1. The number of phenols is 1. The van der Waals surface area contributed by atoms with Crippen LogP contribution in [0.1, 0.15) is 12.5 Å². The van der Waals surface area contributed by atoms with Gasteiger partial charge in [0.2, 0.25) is 0 Å². The molecule has 1 aliphatic rings. The average molecular weight is 479 g/mol. The van der Waals surface area contributed by atoms with Gasteiger partial charge in [-0.1, -0.05) is 30.1 Å². The Morgan fingerprint density at radius 3 is 2.83 bits per heavy atom. The Bertz CT molecular complexity index is 719. The van der Waals surface area contributed by atoms with Crippen LogP contribution in [-0.4, -0.2) is 33.4 Å². The molecule has 1 saturated heterocycles. The first-order valence-corrected chi connectivity index (χ1v) is 9.41. The molecule has 0 aromatic heterocycles. The van der Waals surface area contributed by atoms with Gasteiger partial charge in [-0.15, -0.1) is 6.58 Å². The Balaban J connectivity index is 2.49. The van der Waals surface area contributed by atoms with Crippen LogP contribution < -0.4 is 4.74 Å². The highest BCUT2D eigenvalue weighted by Crippen LogP contribution is 2.43. The molecule has 0 bridgehead atoms. The van der Waals surface area contributed by atoms with E-state index in [1.165, 1.54) is 16.7 Å². The zero-order valence-corrected chi connectivity index (χ0v) is 16.9. The van der Waals surface area contributed by atoms with Gasteiger partial charge in [0, 0.05) is 21.1 Å². The number of rotatable bonds is 5. The fourth-order valence-corrected chi connectivity index (χ4v) is 4.02. The molecule has 1 aromatic carbocycles. The fourth-order valence-electron chi connectivity index (χ4n) is 1.93. The van der Waals surface area contributed by atoms with Crippen LogP contribution in [0.25, 0.3) is 6.08 Å². The lowest BCUT2D eigenvalue weighted by Gasteiger charge is -2.12. The van der Waals surface area contributed by atoms with Gasteiger partial charge in [0.05, 0.1) is 11.5 Å². The zero-order valence-electron chi connectivity index (χ0n) is 12.1. The Hall–Kier alpha value is -0.830. The summed E-state index contributed by atoms with van der Waals surface area (Å²) in [6.07, 6.45) is 3.22. The number of aromatic hydroxyl groups is 1. The summed E-state index contributed by atoms with van der Waals surface area (Å²) < 4.78 is 7.23. The number of carbonyl (C=O) groups is 1. The molecule has 1 heterocycles. The molecule has 0 saturated carbocycles. The third kappa shape index (κ3) is 3.81. The molecule has 0 radical (unpaired) electrons. The van der Waals surface area contributed by atoms with Crippen LogP contribution in [0.4, 0.5) is 0 Å². The molecule has 0 aliphatic carbocycles. The largest absolute Gasteiger partial charge is 0.504 e. The van der Waals surface area contributed by atoms with Crippen LogP contribution in [0.5, 0.6) is 11.5 Å². The molecular weight excluding hydrogens is 466 g/mol. The highest BCUT2D eigenvalue weighted by Gasteiger charge is 2.31. The Morgan fingerprint density at radius 1 is 1.52 bits per heavy atom. The molecule has 1 aliphatic heterocycles. The maximum Gasteiger partial charge on any atom is 0.266 e. The SMILES string of the molecule is C=CCN1C(=O)/C(=C/c2c(O)c(OCC)cc(Br)c2Br)SC1=S. The number of hydrogen-bond acceptors (Lipinski definition) is 5. The molecule has 122 valence electrons. The van der Waals surface area contributed by atoms with Crippen molar-refractivity contribution in [2.24, 2.45) is 0 Å². The summed E-state index contributed by atoms with van der Waals surface area (Å²) >= 11 is 13.2. The fraction of sp³-hybridized carbons (Fsp3) is 0.200. The van der Waals surface area contributed by atoms with Crippen molar-refractivity contribution in [2.45, 2.75) is 6.92 Å². The first kappa shape index (κ1) is 18.5. The summed E-state index contributed by atoms with van der Waals surface area (Å²) in [5, 5.41) is 10.4. The van der Waals surface area contributed by atoms with Crippen molar-refractivity contribution in [3.8, 4) is 11.5 Å². The number of benzene rings is 1. The summed E-state index contributed by atoms with van der Waals surface area (Å²) in [6.45, 7) is 6.23. The van der Waals surface area contributed by atoms with E-state index >= 15 is 0 Å². The van der Waals surface area contributed by atoms with E-state index in [9.17, 15) is 9.90 Å². The maximum absolute atomic E-state index is 12.4. The number of thiocarbonyl (C=S) groups is 1. The first-order valence-electron chi connectivity index (χ1n) is 6.60. The van der Waals surface area contributed by atoms with Crippen LogP contribution in [-0.2, 0) is 4.79 Å². The Kier molecular flexibility index (Phi) is 6.30. The minimum atomic E-state index is -0.205. The predicted octanol–water partition coefficient (Wildman–Crippen LogP) is 4.70. The van der Waals surface area contributed by atoms with E-state index in [1.54, 1.807) is 18.2 Å². The van der Waals surface area contributed by atoms with Gasteiger partial charge in [-0.2, -0.15) is 0 Å². The van der Waals surface area contributed by atoms with Crippen molar-refractivity contribution in [1.29, 1.82) is 0 Å². The van der Waals surface area contributed by atoms with Crippen molar-refractivity contribution < 1.29 is 14.6 Å². The Labute approximate surface area is 160 Å². The molecule has 2 rings (SSSR count). The van der Waals surface area contributed by atoms with Crippen molar-refractivity contribution >= 4 is 72.1 Å². The van der Waals surface area contributed by atoms with E-state index in [0.717, 1.165) is 0 Å². The van der Waals surface area contributed by atoms with Crippen molar-refractivity contribution in [3.05, 3.63) is 38.1 Å². The smallest absolute Gasteiger partial charge is 0.266 e.